The predicted octanol–water partition coefficient (Wildman–Crippen LogP) is 1.51. The van der Waals surface area contributed by atoms with E-state index in [0.717, 1.165) is 30.9 Å². The molecule has 0 unspecified atom stereocenters. The summed E-state index contributed by atoms with van der Waals surface area (Å²) < 4.78 is 15.7. The van der Waals surface area contributed by atoms with Crippen molar-refractivity contribution >= 4 is 5.69 Å². The van der Waals surface area contributed by atoms with Gasteiger partial charge in [0.1, 0.15) is 5.75 Å². The molecular formula is C15H26N2O3. The highest BCUT2D eigenvalue weighted by molar-refractivity contribution is 5.49. The maximum Gasteiger partial charge on any atom is 0.119 e. The van der Waals surface area contributed by atoms with Gasteiger partial charge in [-0.2, -0.15) is 0 Å². The summed E-state index contributed by atoms with van der Waals surface area (Å²) in [4.78, 5) is 2.28. The predicted molar refractivity (Wildman–Crippen MR) is 81.6 cm³/mol. The molecule has 0 aliphatic rings. The van der Waals surface area contributed by atoms with Crippen LogP contribution in [0, 0.1) is 0 Å². The lowest BCUT2D eigenvalue weighted by Crippen LogP contribution is -2.30. The van der Waals surface area contributed by atoms with Crippen LogP contribution in [0.3, 0.4) is 0 Å². The Morgan fingerprint density at radius 2 is 1.75 bits per heavy atom. The van der Waals surface area contributed by atoms with Crippen LogP contribution in [0.5, 0.6) is 5.75 Å². The minimum atomic E-state index is 0.629. The van der Waals surface area contributed by atoms with E-state index in [1.54, 1.807) is 14.2 Å². The van der Waals surface area contributed by atoms with Crippen molar-refractivity contribution in [2.75, 3.05) is 58.6 Å². The zero-order valence-electron chi connectivity index (χ0n) is 12.5. The van der Waals surface area contributed by atoms with E-state index >= 15 is 0 Å². The molecule has 0 radical (unpaired) electrons. The van der Waals surface area contributed by atoms with Gasteiger partial charge in [-0.15, -0.1) is 0 Å². The Bertz CT molecular complexity index is 343. The second kappa shape index (κ2) is 10.5. The maximum absolute atomic E-state index is 5.60. The third kappa shape index (κ3) is 6.23. The van der Waals surface area contributed by atoms with E-state index in [2.05, 4.69) is 17.0 Å². The molecule has 1 aromatic carbocycles. The van der Waals surface area contributed by atoms with E-state index in [4.69, 9.17) is 19.9 Å². The Morgan fingerprint density at radius 1 is 1.00 bits per heavy atom. The van der Waals surface area contributed by atoms with Crippen LogP contribution in [-0.2, 0) is 9.47 Å². The fourth-order valence-electron chi connectivity index (χ4n) is 1.86. The largest absolute Gasteiger partial charge is 0.497 e. The Labute approximate surface area is 121 Å². The van der Waals surface area contributed by atoms with Gasteiger partial charge in [0.15, 0.2) is 0 Å². The van der Waals surface area contributed by atoms with Gasteiger partial charge in [0, 0.05) is 25.9 Å². The molecule has 0 saturated carbocycles. The lowest BCUT2D eigenvalue weighted by molar-refractivity contribution is 0.0740. The fourth-order valence-corrected chi connectivity index (χ4v) is 1.86. The highest BCUT2D eigenvalue weighted by atomic mass is 16.5. The summed E-state index contributed by atoms with van der Waals surface area (Å²) in [6.07, 6.45) is 0.962. The minimum absolute atomic E-state index is 0.629. The molecule has 0 fully saturated rings. The van der Waals surface area contributed by atoms with Crippen LogP contribution >= 0.6 is 0 Å². The van der Waals surface area contributed by atoms with Gasteiger partial charge >= 0.3 is 0 Å². The molecule has 2 N–H and O–H groups in total. The number of ether oxygens (including phenoxy) is 3. The molecule has 5 heteroatoms. The quantitative estimate of drug-likeness (QED) is 0.624. The Hall–Kier alpha value is -1.30. The Kier molecular flexibility index (Phi) is 8.78. The molecule has 0 bridgehead atoms. The molecular weight excluding hydrogens is 256 g/mol. The van der Waals surface area contributed by atoms with E-state index < -0.39 is 0 Å². The number of methoxy groups -OCH3 is 2. The van der Waals surface area contributed by atoms with Crippen LogP contribution < -0.4 is 15.4 Å². The third-order valence-electron chi connectivity index (χ3n) is 3.01. The smallest absolute Gasteiger partial charge is 0.119 e. The monoisotopic (exact) mass is 282 g/mol. The van der Waals surface area contributed by atoms with Crippen molar-refractivity contribution in [2.45, 2.75) is 6.42 Å². The average Bonchev–Trinajstić information content (AvgIpc) is 2.50. The standard InChI is InChI=1S/C15H26N2O3/c1-18-12-13-20-11-10-17(9-3-8-16)14-4-6-15(19-2)7-5-14/h4-7H,3,8-13,16H2,1-2H3. The molecule has 0 heterocycles. The molecule has 0 spiro atoms. The second-order valence-corrected chi connectivity index (χ2v) is 4.43. The van der Waals surface area contributed by atoms with Gasteiger partial charge in [0.25, 0.3) is 0 Å². The number of nitrogens with zero attached hydrogens (tertiary/aromatic N) is 1. The van der Waals surface area contributed by atoms with E-state index in [1.807, 2.05) is 12.1 Å². The maximum atomic E-state index is 5.60. The van der Waals surface area contributed by atoms with Crippen molar-refractivity contribution in [2.24, 2.45) is 5.73 Å². The number of hydrogen-bond donors (Lipinski definition) is 1. The topological polar surface area (TPSA) is 57.0 Å². The van der Waals surface area contributed by atoms with Crippen LogP contribution in [0.4, 0.5) is 5.69 Å². The number of anilines is 1. The average molecular weight is 282 g/mol. The Morgan fingerprint density at radius 3 is 2.35 bits per heavy atom. The number of rotatable bonds is 11. The van der Waals surface area contributed by atoms with Gasteiger partial charge in [0.2, 0.25) is 0 Å². The van der Waals surface area contributed by atoms with Crippen LogP contribution in [-0.4, -0.2) is 53.7 Å². The molecule has 0 saturated heterocycles. The first kappa shape index (κ1) is 16.8. The van der Waals surface area contributed by atoms with Crippen LogP contribution in [0.1, 0.15) is 6.42 Å². The zero-order valence-corrected chi connectivity index (χ0v) is 12.5. The second-order valence-electron chi connectivity index (χ2n) is 4.43. The minimum Gasteiger partial charge on any atom is -0.497 e. The molecule has 0 amide bonds. The molecule has 0 aliphatic heterocycles. The van der Waals surface area contributed by atoms with E-state index in [9.17, 15) is 0 Å². The van der Waals surface area contributed by atoms with Crippen LogP contribution in [0.25, 0.3) is 0 Å². The molecule has 0 aromatic heterocycles. The Balaban J connectivity index is 2.48. The number of benzene rings is 1. The SMILES string of the molecule is COCCOCCN(CCCN)c1ccc(OC)cc1. The van der Waals surface area contributed by atoms with E-state index in [0.29, 0.717) is 26.4 Å². The normalized spacial score (nSPS) is 10.6. The van der Waals surface area contributed by atoms with Gasteiger partial charge in [0.05, 0.1) is 26.9 Å². The molecule has 5 nitrogen and oxygen atoms in total. The van der Waals surface area contributed by atoms with Crippen molar-refractivity contribution in [3.63, 3.8) is 0 Å². The summed E-state index contributed by atoms with van der Waals surface area (Å²) in [7, 11) is 3.35. The highest BCUT2D eigenvalue weighted by Gasteiger charge is 2.06. The first-order valence-electron chi connectivity index (χ1n) is 6.97. The third-order valence-corrected chi connectivity index (χ3v) is 3.01. The van der Waals surface area contributed by atoms with Crippen LogP contribution in [0.15, 0.2) is 24.3 Å². The highest BCUT2D eigenvalue weighted by Crippen LogP contribution is 2.19. The molecule has 1 rings (SSSR count). The molecule has 1 aromatic rings. The van der Waals surface area contributed by atoms with Crippen molar-refractivity contribution in [3.8, 4) is 5.75 Å². The summed E-state index contributed by atoms with van der Waals surface area (Å²) in [5, 5.41) is 0. The van der Waals surface area contributed by atoms with Crippen LogP contribution in [0.2, 0.25) is 0 Å². The van der Waals surface area contributed by atoms with Crippen molar-refractivity contribution in [3.05, 3.63) is 24.3 Å². The first-order valence-corrected chi connectivity index (χ1v) is 6.97. The number of nitrogens with two attached hydrogens (primary N) is 1. The molecule has 20 heavy (non-hydrogen) atoms. The van der Waals surface area contributed by atoms with Crippen molar-refractivity contribution in [1.82, 2.24) is 0 Å². The van der Waals surface area contributed by atoms with Gasteiger partial charge in [-0.05, 0) is 37.2 Å². The molecule has 114 valence electrons. The first-order chi connectivity index (χ1) is 9.81. The summed E-state index contributed by atoms with van der Waals surface area (Å²) >= 11 is 0. The lowest BCUT2D eigenvalue weighted by atomic mass is 10.2. The fraction of sp³-hybridized carbons (Fsp3) is 0.600. The van der Waals surface area contributed by atoms with Crippen molar-refractivity contribution in [1.29, 1.82) is 0 Å². The van der Waals surface area contributed by atoms with Crippen molar-refractivity contribution < 1.29 is 14.2 Å². The number of hydrogen-bond acceptors (Lipinski definition) is 5. The lowest BCUT2D eigenvalue weighted by Gasteiger charge is -2.24. The van der Waals surface area contributed by atoms with Gasteiger partial charge < -0.3 is 24.8 Å². The molecule has 0 atom stereocenters. The summed E-state index contributed by atoms with van der Waals surface area (Å²) in [5.41, 5.74) is 6.76. The summed E-state index contributed by atoms with van der Waals surface area (Å²) in [6, 6.07) is 8.06. The zero-order chi connectivity index (χ0) is 14.6. The van der Waals surface area contributed by atoms with E-state index in [-0.39, 0.29) is 0 Å². The summed E-state index contributed by atoms with van der Waals surface area (Å²) in [6.45, 7) is 4.40. The van der Waals surface area contributed by atoms with Gasteiger partial charge in [-0.25, -0.2) is 0 Å². The van der Waals surface area contributed by atoms with Gasteiger partial charge in [-0.3, -0.25) is 0 Å². The molecule has 0 aliphatic carbocycles. The summed E-state index contributed by atoms with van der Waals surface area (Å²) in [5.74, 6) is 0.865. The van der Waals surface area contributed by atoms with Gasteiger partial charge in [-0.1, -0.05) is 0 Å². The van der Waals surface area contributed by atoms with E-state index in [1.165, 1.54) is 0 Å².